The molecule has 0 aliphatic heterocycles. The van der Waals surface area contributed by atoms with E-state index in [9.17, 15) is 14.4 Å². The molecule has 1 aromatic carbocycles. The summed E-state index contributed by atoms with van der Waals surface area (Å²) < 4.78 is 5.19. The van der Waals surface area contributed by atoms with E-state index in [1.807, 2.05) is 24.3 Å². The fourth-order valence-electron chi connectivity index (χ4n) is 3.13. The first-order valence-corrected chi connectivity index (χ1v) is 8.42. The van der Waals surface area contributed by atoms with Gasteiger partial charge in [-0.15, -0.1) is 0 Å². The number of ether oxygens (including phenoxy) is 1. The number of carbonyl (C=O) groups excluding carboxylic acids is 3. The molecule has 1 aromatic rings. The molecule has 3 amide bonds. The highest BCUT2D eigenvalue weighted by atomic mass is 16.5. The average Bonchev–Trinajstić information content (AvgIpc) is 3.07. The van der Waals surface area contributed by atoms with Crippen molar-refractivity contribution in [2.24, 2.45) is 0 Å². The Kier molecular flexibility index (Phi) is 6.38. The Labute approximate surface area is 147 Å². The molecule has 0 atom stereocenters. The number of carbonyl (C=O) groups is 3. The molecule has 0 radical (unpaired) electrons. The van der Waals surface area contributed by atoms with Gasteiger partial charge < -0.3 is 20.7 Å². The Balaban J connectivity index is 1.95. The van der Waals surface area contributed by atoms with Crippen molar-refractivity contribution >= 4 is 17.7 Å². The molecule has 1 aliphatic carbocycles. The molecular weight excluding hydrogens is 322 g/mol. The van der Waals surface area contributed by atoms with Crippen LogP contribution in [0.4, 0.5) is 0 Å². The van der Waals surface area contributed by atoms with Crippen LogP contribution in [0.3, 0.4) is 0 Å². The van der Waals surface area contributed by atoms with Gasteiger partial charge in [0.2, 0.25) is 17.7 Å². The highest BCUT2D eigenvalue weighted by Crippen LogP contribution is 2.39. The Morgan fingerprint density at radius 1 is 1.00 bits per heavy atom. The molecule has 7 heteroatoms. The summed E-state index contributed by atoms with van der Waals surface area (Å²) in [7, 11) is 1.62. The topological polar surface area (TPSA) is 96.5 Å². The number of rotatable bonds is 7. The number of amides is 3. The lowest BCUT2D eigenvalue weighted by Gasteiger charge is -2.31. The first-order valence-electron chi connectivity index (χ1n) is 8.42. The second kappa shape index (κ2) is 8.50. The molecule has 25 heavy (non-hydrogen) atoms. The van der Waals surface area contributed by atoms with Crippen molar-refractivity contribution in [3.05, 3.63) is 29.8 Å². The van der Waals surface area contributed by atoms with E-state index in [0.717, 1.165) is 37.0 Å². The molecule has 7 nitrogen and oxygen atoms in total. The molecule has 136 valence electrons. The van der Waals surface area contributed by atoms with Crippen LogP contribution in [0.5, 0.6) is 5.75 Å². The van der Waals surface area contributed by atoms with Gasteiger partial charge in [-0.3, -0.25) is 14.4 Å². The summed E-state index contributed by atoms with van der Waals surface area (Å²) in [5, 5.41) is 7.99. The molecule has 0 bridgehead atoms. The second-order valence-electron chi connectivity index (χ2n) is 6.25. The van der Waals surface area contributed by atoms with E-state index in [1.165, 1.54) is 6.92 Å². The maximum atomic E-state index is 12.3. The van der Waals surface area contributed by atoms with Crippen molar-refractivity contribution in [2.75, 3.05) is 20.2 Å². The SMILES string of the molecule is COc1ccc(C2(NC(=O)CNC(=O)CNC(C)=O)CCCC2)cc1. The summed E-state index contributed by atoms with van der Waals surface area (Å²) in [6.45, 7) is 1.08. The average molecular weight is 347 g/mol. The van der Waals surface area contributed by atoms with Gasteiger partial charge in [0.05, 0.1) is 25.7 Å². The van der Waals surface area contributed by atoms with Crippen molar-refractivity contribution in [1.29, 1.82) is 0 Å². The largest absolute Gasteiger partial charge is 0.497 e. The Bertz CT molecular complexity index is 622. The highest BCUT2D eigenvalue weighted by Gasteiger charge is 2.36. The highest BCUT2D eigenvalue weighted by molar-refractivity contribution is 5.88. The van der Waals surface area contributed by atoms with Gasteiger partial charge in [-0.2, -0.15) is 0 Å². The monoisotopic (exact) mass is 347 g/mol. The van der Waals surface area contributed by atoms with Gasteiger partial charge >= 0.3 is 0 Å². The van der Waals surface area contributed by atoms with Crippen molar-refractivity contribution in [2.45, 2.75) is 38.1 Å². The van der Waals surface area contributed by atoms with Crippen LogP contribution in [0, 0.1) is 0 Å². The second-order valence-corrected chi connectivity index (χ2v) is 6.25. The van der Waals surface area contributed by atoms with Gasteiger partial charge in [0.15, 0.2) is 0 Å². The summed E-state index contributed by atoms with van der Waals surface area (Å²) >= 11 is 0. The van der Waals surface area contributed by atoms with Gasteiger partial charge in [0, 0.05) is 6.92 Å². The number of methoxy groups -OCH3 is 1. The molecule has 0 unspecified atom stereocenters. The van der Waals surface area contributed by atoms with Crippen LogP contribution < -0.4 is 20.7 Å². The van der Waals surface area contributed by atoms with Gasteiger partial charge in [0.25, 0.3) is 0 Å². The molecule has 1 fully saturated rings. The smallest absolute Gasteiger partial charge is 0.240 e. The van der Waals surface area contributed by atoms with Crippen LogP contribution in [0.15, 0.2) is 24.3 Å². The predicted molar refractivity (Wildman–Crippen MR) is 93.0 cm³/mol. The first kappa shape index (κ1) is 18.8. The van der Waals surface area contributed by atoms with Crippen molar-refractivity contribution in [1.82, 2.24) is 16.0 Å². The Morgan fingerprint density at radius 2 is 1.60 bits per heavy atom. The van der Waals surface area contributed by atoms with E-state index >= 15 is 0 Å². The lowest BCUT2D eigenvalue weighted by Crippen LogP contribution is -2.48. The standard InChI is InChI=1S/C18H25N3O4/c1-13(22)19-11-16(23)20-12-17(24)21-18(9-3-4-10-18)14-5-7-15(25-2)8-6-14/h5-8H,3-4,9-12H2,1-2H3,(H,19,22)(H,20,23)(H,21,24). The minimum atomic E-state index is -0.397. The minimum Gasteiger partial charge on any atom is -0.497 e. The summed E-state index contributed by atoms with van der Waals surface area (Å²) in [6, 6.07) is 7.72. The summed E-state index contributed by atoms with van der Waals surface area (Å²) in [4.78, 5) is 34.7. The summed E-state index contributed by atoms with van der Waals surface area (Å²) in [5.41, 5.74) is 0.648. The number of hydrogen-bond donors (Lipinski definition) is 3. The van der Waals surface area contributed by atoms with E-state index in [-0.39, 0.29) is 24.9 Å². The van der Waals surface area contributed by atoms with Gasteiger partial charge in [-0.1, -0.05) is 25.0 Å². The maximum absolute atomic E-state index is 12.3. The number of benzene rings is 1. The zero-order chi connectivity index (χ0) is 18.3. The fraction of sp³-hybridized carbons (Fsp3) is 0.500. The lowest BCUT2D eigenvalue weighted by atomic mass is 9.88. The number of nitrogens with one attached hydrogen (secondary N) is 3. The third-order valence-corrected chi connectivity index (χ3v) is 4.42. The van der Waals surface area contributed by atoms with Crippen LogP contribution >= 0.6 is 0 Å². The molecule has 0 heterocycles. The van der Waals surface area contributed by atoms with E-state index < -0.39 is 11.4 Å². The van der Waals surface area contributed by atoms with Gasteiger partial charge in [-0.25, -0.2) is 0 Å². The molecule has 2 rings (SSSR count). The van der Waals surface area contributed by atoms with E-state index in [1.54, 1.807) is 7.11 Å². The van der Waals surface area contributed by atoms with Gasteiger partial charge in [0.1, 0.15) is 5.75 Å². The van der Waals surface area contributed by atoms with E-state index in [0.29, 0.717) is 0 Å². The third kappa shape index (κ3) is 5.20. The first-order chi connectivity index (χ1) is 11.9. The minimum absolute atomic E-state index is 0.115. The van der Waals surface area contributed by atoms with Crippen LogP contribution in [0.25, 0.3) is 0 Å². The van der Waals surface area contributed by atoms with Crippen molar-refractivity contribution in [3.8, 4) is 5.75 Å². The van der Waals surface area contributed by atoms with Crippen LogP contribution in [-0.4, -0.2) is 37.9 Å². The number of hydrogen-bond acceptors (Lipinski definition) is 4. The van der Waals surface area contributed by atoms with Crippen molar-refractivity contribution < 1.29 is 19.1 Å². The molecule has 1 saturated carbocycles. The summed E-state index contributed by atoms with van der Waals surface area (Å²) in [6.07, 6.45) is 3.82. The fourth-order valence-corrected chi connectivity index (χ4v) is 3.13. The zero-order valence-electron chi connectivity index (χ0n) is 14.7. The Morgan fingerprint density at radius 3 is 2.16 bits per heavy atom. The maximum Gasteiger partial charge on any atom is 0.240 e. The molecule has 3 N–H and O–H groups in total. The zero-order valence-corrected chi connectivity index (χ0v) is 14.7. The van der Waals surface area contributed by atoms with Crippen LogP contribution in [-0.2, 0) is 19.9 Å². The van der Waals surface area contributed by atoms with E-state index in [2.05, 4.69) is 16.0 Å². The molecule has 0 spiro atoms. The molecule has 1 aliphatic rings. The third-order valence-electron chi connectivity index (χ3n) is 4.42. The van der Waals surface area contributed by atoms with Crippen LogP contribution in [0.1, 0.15) is 38.2 Å². The normalized spacial score (nSPS) is 15.3. The molecule has 0 saturated heterocycles. The van der Waals surface area contributed by atoms with Crippen LogP contribution in [0.2, 0.25) is 0 Å². The van der Waals surface area contributed by atoms with E-state index in [4.69, 9.17) is 4.74 Å². The summed E-state index contributed by atoms with van der Waals surface area (Å²) in [5.74, 6) is -0.151. The predicted octanol–water partition coefficient (Wildman–Crippen LogP) is 0.833. The van der Waals surface area contributed by atoms with Gasteiger partial charge in [-0.05, 0) is 30.5 Å². The molecule has 0 aromatic heterocycles. The van der Waals surface area contributed by atoms with Crippen molar-refractivity contribution in [3.63, 3.8) is 0 Å². The quantitative estimate of drug-likeness (QED) is 0.681. The Hall–Kier alpha value is -2.57. The lowest BCUT2D eigenvalue weighted by molar-refractivity contribution is -0.127. The molecular formula is C18H25N3O4.